The van der Waals surface area contributed by atoms with Crippen LogP contribution in [0.5, 0.6) is 11.5 Å². The van der Waals surface area contributed by atoms with Crippen LogP contribution in [0.2, 0.25) is 0 Å². The predicted molar refractivity (Wildman–Crippen MR) is 210 cm³/mol. The zero-order valence-electron chi connectivity index (χ0n) is 32.4. The second-order valence-corrected chi connectivity index (χ2v) is 17.5. The van der Waals surface area contributed by atoms with Gasteiger partial charge in [-0.1, -0.05) is 63.6 Å². The van der Waals surface area contributed by atoms with Crippen LogP contribution in [0.25, 0.3) is 0 Å². The van der Waals surface area contributed by atoms with Crippen LogP contribution in [0.3, 0.4) is 0 Å². The molecule has 1 aliphatic rings. The van der Waals surface area contributed by atoms with Gasteiger partial charge in [-0.05, 0) is 73.4 Å². The first-order valence-corrected chi connectivity index (χ1v) is 21.8. The van der Waals surface area contributed by atoms with Crippen molar-refractivity contribution in [1.82, 2.24) is 0 Å². The molecule has 1 aliphatic heterocycles. The van der Waals surface area contributed by atoms with Gasteiger partial charge in [0.1, 0.15) is 23.6 Å². The number of unbranched alkanes of at least 4 members (excludes halogenated alkanes) is 6. The van der Waals surface area contributed by atoms with Crippen molar-refractivity contribution in [3.05, 3.63) is 53.6 Å². The molecule has 0 fully saturated rings. The highest BCUT2D eigenvalue weighted by Crippen LogP contribution is 2.53. The fourth-order valence-corrected chi connectivity index (χ4v) is 9.29. The first-order chi connectivity index (χ1) is 27.2. The molecule has 0 saturated carbocycles. The Morgan fingerprint density at radius 1 is 0.793 bits per heavy atom. The lowest BCUT2D eigenvalue weighted by atomic mass is 9.68. The number of carboxylic acids is 2. The molecule has 11 nitrogen and oxygen atoms in total. The Bertz CT molecular complexity index is 1710. The van der Waals surface area contributed by atoms with Gasteiger partial charge in [-0.3, -0.25) is 13.8 Å². The summed E-state index contributed by atoms with van der Waals surface area (Å²) in [5.41, 5.74) is 13.3. The SMILES string of the molecule is CC1(c2ccc(OC(=O)C(N)CCC(=O)O)cc2)CSc2cc(OC(=O)C(N)CCC(=O)O)ccc2C1CCCCCCCCCS(=O)CCCC(F)(F)C(F)(F)F. The van der Waals surface area contributed by atoms with E-state index in [1.54, 1.807) is 36.0 Å². The molecule has 0 radical (unpaired) electrons. The van der Waals surface area contributed by atoms with Crippen LogP contribution in [-0.4, -0.2) is 79.7 Å². The van der Waals surface area contributed by atoms with E-state index in [0.29, 0.717) is 17.9 Å². The number of nitrogens with two attached hydrogens (primary N) is 2. The Hall–Kier alpha value is -3.61. The van der Waals surface area contributed by atoms with E-state index in [0.717, 1.165) is 61.0 Å². The third kappa shape index (κ3) is 15.2. The van der Waals surface area contributed by atoms with Crippen molar-refractivity contribution in [1.29, 1.82) is 0 Å². The van der Waals surface area contributed by atoms with E-state index in [1.807, 2.05) is 18.2 Å². The number of carbonyl (C=O) groups excluding carboxylic acids is 2. The van der Waals surface area contributed by atoms with Crippen molar-refractivity contribution in [2.24, 2.45) is 11.5 Å². The number of rotatable bonds is 25. The number of esters is 2. The summed E-state index contributed by atoms with van der Waals surface area (Å²) < 4.78 is 86.2. The number of carbonyl (C=O) groups is 4. The summed E-state index contributed by atoms with van der Waals surface area (Å²) in [7, 11) is -1.45. The summed E-state index contributed by atoms with van der Waals surface area (Å²) >= 11 is 1.60. The molecule has 0 spiro atoms. The Morgan fingerprint density at radius 3 is 1.84 bits per heavy atom. The molecule has 324 valence electrons. The van der Waals surface area contributed by atoms with Crippen LogP contribution in [0.15, 0.2) is 47.4 Å². The van der Waals surface area contributed by atoms with Gasteiger partial charge < -0.3 is 31.2 Å². The van der Waals surface area contributed by atoms with Crippen LogP contribution in [-0.2, 0) is 35.4 Å². The van der Waals surface area contributed by atoms with E-state index in [-0.39, 0.29) is 54.3 Å². The second kappa shape index (κ2) is 22.7. The second-order valence-electron chi connectivity index (χ2n) is 14.8. The summed E-state index contributed by atoms with van der Waals surface area (Å²) in [5, 5.41) is 17.8. The number of carboxylic acid groups (broad SMARTS) is 2. The maximum Gasteiger partial charge on any atom is 0.453 e. The molecule has 5 atom stereocenters. The zero-order chi connectivity index (χ0) is 43.1. The first kappa shape index (κ1) is 48.8. The van der Waals surface area contributed by atoms with Gasteiger partial charge in [0.25, 0.3) is 0 Å². The molecule has 0 saturated heterocycles. The normalized spacial score (nSPS) is 18.4. The predicted octanol–water partition coefficient (Wildman–Crippen LogP) is 7.88. The van der Waals surface area contributed by atoms with Gasteiger partial charge in [-0.15, -0.1) is 11.8 Å². The Balaban J connectivity index is 1.61. The number of thioether (sulfide) groups is 1. The quantitative estimate of drug-likeness (QED) is 0.0327. The molecule has 0 aromatic heterocycles. The van der Waals surface area contributed by atoms with Crippen LogP contribution in [0.1, 0.15) is 114 Å². The topological polar surface area (TPSA) is 196 Å². The van der Waals surface area contributed by atoms with Crippen molar-refractivity contribution in [3.63, 3.8) is 0 Å². The van der Waals surface area contributed by atoms with Crippen LogP contribution < -0.4 is 20.9 Å². The van der Waals surface area contributed by atoms with Gasteiger partial charge in [0.15, 0.2) is 0 Å². The number of hydrogen-bond donors (Lipinski definition) is 4. The molecule has 0 aliphatic carbocycles. The number of aliphatic carboxylic acids is 2. The van der Waals surface area contributed by atoms with Crippen molar-refractivity contribution < 1.29 is 65.0 Å². The summed E-state index contributed by atoms with van der Waals surface area (Å²) in [6.45, 7) is 2.16. The van der Waals surface area contributed by atoms with Crippen molar-refractivity contribution in [2.75, 3.05) is 17.3 Å². The lowest BCUT2D eigenvalue weighted by Crippen LogP contribution is -2.36. The lowest BCUT2D eigenvalue weighted by Gasteiger charge is -2.43. The Kier molecular flexibility index (Phi) is 19.1. The highest BCUT2D eigenvalue weighted by Gasteiger charge is 2.56. The van der Waals surface area contributed by atoms with E-state index in [9.17, 15) is 45.3 Å². The molecule has 3 rings (SSSR count). The van der Waals surface area contributed by atoms with Crippen LogP contribution in [0, 0.1) is 0 Å². The van der Waals surface area contributed by atoms with Crippen LogP contribution in [0.4, 0.5) is 22.0 Å². The molecule has 18 heteroatoms. The maximum atomic E-state index is 13.1. The molecule has 1 heterocycles. The first-order valence-electron chi connectivity index (χ1n) is 19.3. The largest absolute Gasteiger partial charge is 0.481 e. The van der Waals surface area contributed by atoms with Crippen LogP contribution >= 0.6 is 11.8 Å². The van der Waals surface area contributed by atoms with E-state index >= 15 is 0 Å². The minimum Gasteiger partial charge on any atom is -0.481 e. The maximum absolute atomic E-state index is 13.1. The van der Waals surface area contributed by atoms with Crippen molar-refractivity contribution >= 4 is 46.4 Å². The number of ether oxygens (including phenoxy) is 2. The summed E-state index contributed by atoms with van der Waals surface area (Å²) in [5.74, 6) is -7.05. The van der Waals surface area contributed by atoms with E-state index in [2.05, 4.69) is 6.92 Å². The number of benzene rings is 2. The fourth-order valence-electron chi connectivity index (χ4n) is 6.70. The smallest absolute Gasteiger partial charge is 0.453 e. The van der Waals surface area contributed by atoms with Gasteiger partial charge >= 0.3 is 36.0 Å². The van der Waals surface area contributed by atoms with E-state index < -0.39 is 71.7 Å². The number of alkyl halides is 5. The summed E-state index contributed by atoms with van der Waals surface area (Å²) in [4.78, 5) is 47.7. The molecular weight excluding hydrogens is 812 g/mol. The van der Waals surface area contributed by atoms with Gasteiger partial charge in [-0.25, -0.2) is 9.59 Å². The third-order valence-corrected chi connectivity index (χ3v) is 13.1. The fraction of sp³-hybridized carbons (Fsp3) is 0.600. The number of hydrogen-bond acceptors (Lipinski definition) is 10. The molecular formula is C40H53F5N2O9S2. The average Bonchev–Trinajstić information content (AvgIpc) is 3.15. The summed E-state index contributed by atoms with van der Waals surface area (Å²) in [6, 6.07) is 10.4. The molecule has 2 aromatic rings. The minimum atomic E-state index is -5.60. The number of fused-ring (bicyclic) bond motifs is 1. The molecule has 6 N–H and O–H groups in total. The third-order valence-electron chi connectivity index (χ3n) is 10.2. The lowest BCUT2D eigenvalue weighted by molar-refractivity contribution is -0.284. The highest BCUT2D eigenvalue weighted by atomic mass is 32.2. The van der Waals surface area contributed by atoms with Gasteiger partial charge in [0.05, 0.1) is 0 Å². The monoisotopic (exact) mass is 864 g/mol. The summed E-state index contributed by atoms with van der Waals surface area (Å²) in [6.07, 6.45) is -1.38. The Morgan fingerprint density at radius 2 is 1.29 bits per heavy atom. The molecule has 0 bridgehead atoms. The van der Waals surface area contributed by atoms with Gasteiger partial charge in [0.2, 0.25) is 0 Å². The van der Waals surface area contributed by atoms with E-state index in [4.69, 9.17) is 31.2 Å². The van der Waals surface area contributed by atoms with Crippen molar-refractivity contribution in [3.8, 4) is 11.5 Å². The minimum absolute atomic E-state index is 0.0234. The molecule has 0 amide bonds. The van der Waals surface area contributed by atoms with E-state index in [1.165, 1.54) is 0 Å². The standard InChI is InChI=1S/C40H53F5N2O9S2/c1-38(26-11-13-27(14-12-26)55-36(52)31(46)17-19-34(48)49)25-57-33-24-28(56-37(53)32(47)18-20-35(50)51)15-16-29(33)30(38)10-7-5-3-2-4-6-8-22-58(54)23-9-21-39(41,42)40(43,44)45/h11-16,24,30-32H,2-10,17-23,25,46-47H2,1H3,(H,48,49)(H,50,51). The number of halogens is 5. The average molecular weight is 865 g/mol. The highest BCUT2D eigenvalue weighted by molar-refractivity contribution is 7.99. The zero-order valence-corrected chi connectivity index (χ0v) is 34.0. The van der Waals surface area contributed by atoms with Gasteiger partial charge in [-0.2, -0.15) is 22.0 Å². The van der Waals surface area contributed by atoms with Gasteiger partial charge in [0, 0.05) is 57.6 Å². The molecule has 5 unspecified atom stereocenters. The Labute approximate surface area is 341 Å². The van der Waals surface area contributed by atoms with Crippen molar-refractivity contribution in [2.45, 2.75) is 137 Å². The molecule has 2 aromatic carbocycles. The molecule has 58 heavy (non-hydrogen) atoms.